The lowest BCUT2D eigenvalue weighted by molar-refractivity contribution is 0.102. The van der Waals surface area contributed by atoms with Gasteiger partial charge in [-0.25, -0.2) is 4.98 Å². The lowest BCUT2D eigenvalue weighted by Gasteiger charge is -2.28. The van der Waals surface area contributed by atoms with Crippen LogP contribution in [0.4, 0.5) is 17.1 Å². The van der Waals surface area contributed by atoms with Crippen LogP contribution < -0.4 is 16.4 Å². The lowest BCUT2D eigenvalue weighted by Crippen LogP contribution is -2.38. The molecule has 0 aliphatic carbocycles. The molecular formula is C19H18N6OS2. The highest BCUT2D eigenvalue weighted by atomic mass is 32.1. The summed E-state index contributed by atoms with van der Waals surface area (Å²) in [7, 11) is 0. The Morgan fingerprint density at radius 3 is 2.86 bits per heavy atom. The quantitative estimate of drug-likeness (QED) is 0.451. The summed E-state index contributed by atoms with van der Waals surface area (Å²) < 4.78 is 0. The summed E-state index contributed by atoms with van der Waals surface area (Å²) in [6, 6.07) is 10.9. The number of hydrogen-bond acceptors (Lipinski definition) is 6. The zero-order chi connectivity index (χ0) is 19.5. The van der Waals surface area contributed by atoms with Gasteiger partial charge >= 0.3 is 0 Å². The van der Waals surface area contributed by atoms with Gasteiger partial charge in [-0.15, -0.1) is 11.3 Å². The van der Waals surface area contributed by atoms with Gasteiger partial charge in [-0.1, -0.05) is 12.1 Å². The second-order valence-electron chi connectivity index (χ2n) is 6.27. The number of carbonyl (C=O) groups is 1. The summed E-state index contributed by atoms with van der Waals surface area (Å²) in [5.41, 5.74) is 8.81. The average molecular weight is 411 g/mol. The number of nitrogens with two attached hydrogens (primary N) is 1. The van der Waals surface area contributed by atoms with E-state index in [1.807, 2.05) is 24.3 Å². The van der Waals surface area contributed by atoms with E-state index in [0.717, 1.165) is 29.2 Å². The molecule has 3 heterocycles. The molecule has 0 saturated carbocycles. The number of rotatable bonds is 3. The first kappa shape index (κ1) is 18.3. The first-order chi connectivity index (χ1) is 13.6. The number of benzene rings is 1. The number of aromatic nitrogens is 2. The predicted molar refractivity (Wildman–Crippen MR) is 115 cm³/mol. The van der Waals surface area contributed by atoms with Crippen molar-refractivity contribution in [2.45, 2.75) is 13.0 Å². The van der Waals surface area contributed by atoms with Crippen LogP contribution >= 0.6 is 23.6 Å². The number of thiazole rings is 1. The van der Waals surface area contributed by atoms with Gasteiger partial charge < -0.3 is 21.3 Å². The maximum atomic E-state index is 12.6. The van der Waals surface area contributed by atoms with E-state index in [-0.39, 0.29) is 5.91 Å². The van der Waals surface area contributed by atoms with Crippen LogP contribution in [-0.4, -0.2) is 32.4 Å². The number of nitrogens with one attached hydrogen (secondary N) is 2. The molecule has 0 fully saturated rings. The molecule has 1 amide bonds. The minimum Gasteiger partial charge on any atom is -0.397 e. The van der Waals surface area contributed by atoms with Gasteiger partial charge in [0.1, 0.15) is 0 Å². The van der Waals surface area contributed by atoms with Gasteiger partial charge in [0.2, 0.25) is 0 Å². The molecule has 4 N–H and O–H groups in total. The number of para-hydroxylation sites is 2. The standard InChI is InChI=1S/C19H18N6OS2/c20-13-5-1-2-6-14(13)23-17(26)18-24-15-7-9-25(11-16(15)28-18)19(27)22-12-4-3-8-21-10-12/h1-6,8,10H,7,9,11,20H2,(H,22,27)(H,23,26). The van der Waals surface area contributed by atoms with E-state index in [9.17, 15) is 4.79 Å². The van der Waals surface area contributed by atoms with Gasteiger partial charge in [-0.2, -0.15) is 0 Å². The Morgan fingerprint density at radius 2 is 2.07 bits per heavy atom. The highest BCUT2D eigenvalue weighted by Crippen LogP contribution is 2.27. The molecule has 0 spiro atoms. The minimum atomic E-state index is -0.250. The van der Waals surface area contributed by atoms with Gasteiger partial charge in [0.25, 0.3) is 5.91 Å². The molecule has 7 nitrogen and oxygen atoms in total. The summed E-state index contributed by atoms with van der Waals surface area (Å²) in [6.07, 6.45) is 4.18. The molecule has 1 aliphatic heterocycles. The zero-order valence-corrected chi connectivity index (χ0v) is 16.5. The minimum absolute atomic E-state index is 0.250. The predicted octanol–water partition coefficient (Wildman–Crippen LogP) is 3.13. The van der Waals surface area contributed by atoms with Crippen LogP contribution in [0.2, 0.25) is 0 Å². The topological polar surface area (TPSA) is 96.2 Å². The molecule has 0 unspecified atom stereocenters. The molecule has 2 aromatic heterocycles. The van der Waals surface area contributed by atoms with E-state index in [1.165, 1.54) is 11.3 Å². The SMILES string of the molecule is Nc1ccccc1NC(=O)c1nc2c(s1)CN(C(=S)Nc1cccnc1)CC2. The summed E-state index contributed by atoms with van der Waals surface area (Å²) in [5.74, 6) is -0.250. The monoisotopic (exact) mass is 410 g/mol. The molecule has 0 radical (unpaired) electrons. The first-order valence-corrected chi connectivity index (χ1v) is 9.93. The van der Waals surface area contributed by atoms with Gasteiger partial charge in [0, 0.05) is 24.0 Å². The Kier molecular flexibility index (Phi) is 5.18. The Bertz CT molecular complexity index is 1020. The van der Waals surface area contributed by atoms with Crippen molar-refractivity contribution in [3.8, 4) is 0 Å². The molecule has 9 heteroatoms. The maximum absolute atomic E-state index is 12.6. The van der Waals surface area contributed by atoms with Crippen molar-refractivity contribution in [2.75, 3.05) is 22.9 Å². The number of pyridine rings is 1. The molecule has 142 valence electrons. The Labute approximate surface area is 171 Å². The molecule has 28 heavy (non-hydrogen) atoms. The van der Waals surface area contributed by atoms with E-state index in [2.05, 4.69) is 25.5 Å². The molecule has 1 aromatic carbocycles. The van der Waals surface area contributed by atoms with Crippen molar-refractivity contribution < 1.29 is 4.79 Å². The lowest BCUT2D eigenvalue weighted by atomic mass is 10.2. The van der Waals surface area contributed by atoms with Crippen molar-refractivity contribution in [1.29, 1.82) is 0 Å². The molecular weight excluding hydrogens is 392 g/mol. The van der Waals surface area contributed by atoms with E-state index in [4.69, 9.17) is 18.0 Å². The Balaban J connectivity index is 1.44. The fourth-order valence-corrected chi connectivity index (χ4v) is 4.18. The fraction of sp³-hybridized carbons (Fsp3) is 0.158. The van der Waals surface area contributed by atoms with E-state index in [0.29, 0.717) is 28.0 Å². The van der Waals surface area contributed by atoms with Gasteiger partial charge in [0.05, 0.1) is 35.5 Å². The van der Waals surface area contributed by atoms with Crippen LogP contribution in [0.3, 0.4) is 0 Å². The summed E-state index contributed by atoms with van der Waals surface area (Å²) >= 11 is 6.91. The number of amides is 1. The second-order valence-corrected chi connectivity index (χ2v) is 7.74. The highest BCUT2D eigenvalue weighted by Gasteiger charge is 2.24. The Hall–Kier alpha value is -3.04. The van der Waals surface area contributed by atoms with Crippen molar-refractivity contribution in [2.24, 2.45) is 0 Å². The summed E-state index contributed by atoms with van der Waals surface area (Å²) in [4.78, 5) is 24.3. The molecule has 0 bridgehead atoms. The van der Waals surface area contributed by atoms with E-state index < -0.39 is 0 Å². The number of nitrogen functional groups attached to an aromatic ring is 1. The van der Waals surface area contributed by atoms with E-state index in [1.54, 1.807) is 24.5 Å². The van der Waals surface area contributed by atoms with Crippen LogP contribution in [0.15, 0.2) is 48.8 Å². The van der Waals surface area contributed by atoms with Crippen molar-refractivity contribution in [1.82, 2.24) is 14.9 Å². The number of anilines is 3. The Morgan fingerprint density at radius 1 is 1.21 bits per heavy atom. The highest BCUT2D eigenvalue weighted by molar-refractivity contribution is 7.80. The summed E-state index contributed by atoms with van der Waals surface area (Å²) in [5, 5.41) is 7.09. The van der Waals surface area contributed by atoms with Gasteiger partial charge in [0.15, 0.2) is 10.1 Å². The number of hydrogen-bond donors (Lipinski definition) is 3. The van der Waals surface area contributed by atoms with Crippen LogP contribution in [0.1, 0.15) is 20.4 Å². The number of carbonyl (C=O) groups excluding carboxylic acids is 1. The third-order valence-electron chi connectivity index (χ3n) is 4.33. The van der Waals surface area contributed by atoms with Crippen molar-refractivity contribution >= 4 is 51.6 Å². The second kappa shape index (κ2) is 7.91. The smallest absolute Gasteiger partial charge is 0.284 e. The van der Waals surface area contributed by atoms with Crippen molar-refractivity contribution in [3.63, 3.8) is 0 Å². The normalized spacial score (nSPS) is 12.9. The van der Waals surface area contributed by atoms with Crippen LogP contribution in [-0.2, 0) is 13.0 Å². The first-order valence-electron chi connectivity index (χ1n) is 8.70. The van der Waals surface area contributed by atoms with Crippen LogP contribution in [0, 0.1) is 0 Å². The molecule has 0 saturated heterocycles. The number of nitrogens with zero attached hydrogens (tertiary/aromatic N) is 3. The zero-order valence-electron chi connectivity index (χ0n) is 14.9. The van der Waals surface area contributed by atoms with Gasteiger partial charge in [-0.3, -0.25) is 9.78 Å². The van der Waals surface area contributed by atoms with Crippen molar-refractivity contribution in [3.05, 3.63) is 64.4 Å². The molecule has 4 rings (SSSR count). The third kappa shape index (κ3) is 3.95. The van der Waals surface area contributed by atoms with Crippen LogP contribution in [0.25, 0.3) is 0 Å². The molecule has 1 aliphatic rings. The maximum Gasteiger partial charge on any atom is 0.284 e. The van der Waals surface area contributed by atoms with E-state index >= 15 is 0 Å². The van der Waals surface area contributed by atoms with Gasteiger partial charge in [-0.05, 0) is 36.5 Å². The third-order valence-corrected chi connectivity index (χ3v) is 5.78. The number of thiocarbonyl (C=S) groups is 1. The number of fused-ring (bicyclic) bond motifs is 1. The van der Waals surface area contributed by atoms with Crippen LogP contribution in [0.5, 0.6) is 0 Å². The average Bonchev–Trinajstić information content (AvgIpc) is 3.14. The summed E-state index contributed by atoms with van der Waals surface area (Å²) in [6.45, 7) is 1.37. The molecule has 3 aromatic rings. The largest absolute Gasteiger partial charge is 0.397 e. The molecule has 0 atom stereocenters. The fourth-order valence-electron chi connectivity index (χ4n) is 2.89.